The molecule has 1 aliphatic heterocycles. The quantitative estimate of drug-likeness (QED) is 0.834. The van der Waals surface area contributed by atoms with Crippen molar-refractivity contribution in [2.24, 2.45) is 0 Å². The number of amides is 2. The topological polar surface area (TPSA) is 58.2 Å². The van der Waals surface area contributed by atoms with E-state index < -0.39 is 5.25 Å². The minimum atomic E-state index is -0.495. The number of benzene rings is 1. The van der Waals surface area contributed by atoms with Crippen molar-refractivity contribution < 1.29 is 9.59 Å². The SMILES string of the molecule is O=C(C[C@@H]1SC(=S)NC1=O)Nc1cc(Cl)ccc1Cl. The van der Waals surface area contributed by atoms with Crippen LogP contribution in [-0.4, -0.2) is 21.4 Å². The van der Waals surface area contributed by atoms with Crippen LogP contribution in [0.5, 0.6) is 0 Å². The van der Waals surface area contributed by atoms with E-state index in [1.807, 2.05) is 0 Å². The van der Waals surface area contributed by atoms with E-state index in [1.54, 1.807) is 18.2 Å². The number of hydrogen-bond acceptors (Lipinski definition) is 4. The molecule has 4 nitrogen and oxygen atoms in total. The van der Waals surface area contributed by atoms with Gasteiger partial charge in [0.05, 0.1) is 16.0 Å². The standard InChI is InChI=1S/C11H8Cl2N2O2S2/c12-5-1-2-6(13)7(3-5)14-9(16)4-8-10(17)15-11(18)19-8/h1-3,8H,4H2,(H,14,16)(H,15,17,18)/t8-/m0/s1. The van der Waals surface area contributed by atoms with Gasteiger partial charge in [0.15, 0.2) is 0 Å². The molecule has 0 unspecified atom stereocenters. The summed E-state index contributed by atoms with van der Waals surface area (Å²) in [4.78, 5) is 23.3. The summed E-state index contributed by atoms with van der Waals surface area (Å²) in [6, 6.07) is 4.76. The molecule has 1 atom stereocenters. The second-order valence-corrected chi connectivity index (χ2v) is 6.48. The van der Waals surface area contributed by atoms with Crippen LogP contribution in [0.15, 0.2) is 18.2 Å². The molecule has 2 amide bonds. The largest absolute Gasteiger partial charge is 0.325 e. The maximum Gasteiger partial charge on any atom is 0.239 e. The number of anilines is 1. The van der Waals surface area contributed by atoms with Gasteiger partial charge in [-0.2, -0.15) is 0 Å². The maximum absolute atomic E-state index is 11.8. The van der Waals surface area contributed by atoms with Gasteiger partial charge < -0.3 is 10.6 Å². The van der Waals surface area contributed by atoms with Gasteiger partial charge >= 0.3 is 0 Å². The minimum Gasteiger partial charge on any atom is -0.325 e. The lowest BCUT2D eigenvalue weighted by Gasteiger charge is -2.09. The monoisotopic (exact) mass is 334 g/mol. The first-order valence-electron chi connectivity index (χ1n) is 5.22. The zero-order chi connectivity index (χ0) is 14.0. The molecule has 0 aliphatic carbocycles. The summed E-state index contributed by atoms with van der Waals surface area (Å²) in [5, 5.41) is 5.46. The Kier molecular flexibility index (Phi) is 4.67. The molecule has 1 aromatic carbocycles. The highest BCUT2D eigenvalue weighted by Crippen LogP contribution is 2.27. The average Bonchev–Trinajstić information content (AvgIpc) is 2.62. The Labute approximate surface area is 129 Å². The van der Waals surface area contributed by atoms with Crippen LogP contribution in [-0.2, 0) is 9.59 Å². The van der Waals surface area contributed by atoms with Crippen molar-refractivity contribution in [3.05, 3.63) is 28.2 Å². The maximum atomic E-state index is 11.8. The summed E-state index contributed by atoms with van der Waals surface area (Å²) >= 11 is 17.8. The first-order chi connectivity index (χ1) is 8.95. The van der Waals surface area contributed by atoms with Crippen LogP contribution < -0.4 is 10.6 Å². The lowest BCUT2D eigenvalue weighted by Crippen LogP contribution is -2.27. The highest BCUT2D eigenvalue weighted by Gasteiger charge is 2.31. The van der Waals surface area contributed by atoms with Gasteiger partial charge in [-0.05, 0) is 18.2 Å². The molecule has 100 valence electrons. The number of rotatable bonds is 3. The van der Waals surface area contributed by atoms with E-state index in [0.717, 1.165) is 0 Å². The van der Waals surface area contributed by atoms with E-state index in [4.69, 9.17) is 35.4 Å². The number of thiocarbonyl (C=S) groups is 1. The Bertz CT molecular complexity index is 566. The van der Waals surface area contributed by atoms with Gasteiger partial charge in [0.2, 0.25) is 11.8 Å². The predicted molar refractivity (Wildman–Crippen MR) is 81.8 cm³/mol. The Balaban J connectivity index is 2.00. The summed E-state index contributed by atoms with van der Waals surface area (Å²) in [6.07, 6.45) is 0.0273. The molecule has 0 saturated carbocycles. The molecule has 2 N–H and O–H groups in total. The van der Waals surface area contributed by atoms with Crippen molar-refractivity contribution in [3.63, 3.8) is 0 Å². The normalized spacial score (nSPS) is 18.3. The predicted octanol–water partition coefficient (Wildman–Crippen LogP) is 2.84. The molecular formula is C11H8Cl2N2O2S2. The van der Waals surface area contributed by atoms with E-state index in [1.165, 1.54) is 11.8 Å². The van der Waals surface area contributed by atoms with E-state index in [0.29, 0.717) is 20.1 Å². The molecule has 19 heavy (non-hydrogen) atoms. The van der Waals surface area contributed by atoms with Gasteiger partial charge in [-0.1, -0.05) is 47.2 Å². The molecule has 0 radical (unpaired) electrons. The van der Waals surface area contributed by atoms with Crippen LogP contribution in [0, 0.1) is 0 Å². The van der Waals surface area contributed by atoms with Crippen LogP contribution in [0.3, 0.4) is 0 Å². The number of hydrogen-bond donors (Lipinski definition) is 2. The smallest absolute Gasteiger partial charge is 0.239 e. The van der Waals surface area contributed by atoms with Crippen LogP contribution in [0.2, 0.25) is 10.0 Å². The van der Waals surface area contributed by atoms with Gasteiger partial charge in [-0.25, -0.2) is 0 Å². The molecule has 2 rings (SSSR count). The van der Waals surface area contributed by atoms with E-state index in [9.17, 15) is 9.59 Å². The summed E-state index contributed by atoms with van der Waals surface area (Å²) < 4.78 is 0.392. The number of carbonyl (C=O) groups is 2. The third-order valence-corrected chi connectivity index (χ3v) is 4.28. The van der Waals surface area contributed by atoms with Crippen molar-refractivity contribution in [1.82, 2.24) is 5.32 Å². The van der Waals surface area contributed by atoms with Crippen LogP contribution >= 0.6 is 47.2 Å². The molecular weight excluding hydrogens is 327 g/mol. The second kappa shape index (κ2) is 6.09. The number of carbonyl (C=O) groups excluding carboxylic acids is 2. The van der Waals surface area contributed by atoms with Crippen molar-refractivity contribution in [1.29, 1.82) is 0 Å². The second-order valence-electron chi connectivity index (χ2n) is 3.76. The summed E-state index contributed by atoms with van der Waals surface area (Å²) in [5.74, 6) is -0.566. The number of nitrogens with one attached hydrogen (secondary N) is 2. The Hall–Kier alpha value is -0.820. The van der Waals surface area contributed by atoms with Gasteiger partial charge in [0.1, 0.15) is 4.32 Å². The molecule has 1 aliphatic rings. The lowest BCUT2D eigenvalue weighted by molar-refractivity contribution is -0.122. The fourth-order valence-electron chi connectivity index (χ4n) is 1.49. The summed E-state index contributed by atoms with van der Waals surface area (Å²) in [6.45, 7) is 0. The zero-order valence-corrected chi connectivity index (χ0v) is 12.6. The summed E-state index contributed by atoms with van der Waals surface area (Å²) in [7, 11) is 0. The highest BCUT2D eigenvalue weighted by atomic mass is 35.5. The van der Waals surface area contributed by atoms with Gasteiger partial charge in [-0.15, -0.1) is 0 Å². The van der Waals surface area contributed by atoms with E-state index in [2.05, 4.69) is 10.6 Å². The first-order valence-corrected chi connectivity index (χ1v) is 7.26. The van der Waals surface area contributed by atoms with Crippen molar-refractivity contribution in [2.45, 2.75) is 11.7 Å². The van der Waals surface area contributed by atoms with E-state index >= 15 is 0 Å². The molecule has 0 aromatic heterocycles. The van der Waals surface area contributed by atoms with Crippen molar-refractivity contribution in [2.75, 3.05) is 5.32 Å². The lowest BCUT2D eigenvalue weighted by atomic mass is 10.2. The van der Waals surface area contributed by atoms with Gasteiger partial charge in [0, 0.05) is 11.4 Å². The molecule has 0 spiro atoms. The third-order valence-electron chi connectivity index (χ3n) is 2.34. The zero-order valence-electron chi connectivity index (χ0n) is 9.41. The third kappa shape index (κ3) is 3.82. The summed E-state index contributed by atoms with van der Waals surface area (Å²) in [5.41, 5.74) is 0.421. The Morgan fingerprint density at radius 3 is 2.84 bits per heavy atom. The Morgan fingerprint density at radius 1 is 1.47 bits per heavy atom. The van der Waals surface area contributed by atoms with Crippen molar-refractivity contribution in [3.8, 4) is 0 Å². The van der Waals surface area contributed by atoms with Gasteiger partial charge in [0.25, 0.3) is 0 Å². The number of halogens is 2. The molecule has 1 saturated heterocycles. The van der Waals surface area contributed by atoms with Crippen LogP contribution in [0.4, 0.5) is 5.69 Å². The number of thioether (sulfide) groups is 1. The average molecular weight is 335 g/mol. The van der Waals surface area contributed by atoms with Crippen molar-refractivity contribution >= 4 is 69.0 Å². The first kappa shape index (κ1) is 14.6. The molecule has 8 heteroatoms. The molecule has 0 bridgehead atoms. The fraction of sp³-hybridized carbons (Fsp3) is 0.182. The Morgan fingerprint density at radius 2 is 2.21 bits per heavy atom. The fourth-order valence-corrected chi connectivity index (χ4v) is 3.10. The van der Waals surface area contributed by atoms with Crippen LogP contribution in [0.1, 0.15) is 6.42 Å². The molecule has 1 heterocycles. The minimum absolute atomic E-state index is 0.0273. The van der Waals surface area contributed by atoms with Gasteiger partial charge in [-0.3, -0.25) is 9.59 Å². The molecule has 1 fully saturated rings. The molecule has 1 aromatic rings. The highest BCUT2D eigenvalue weighted by molar-refractivity contribution is 8.24. The van der Waals surface area contributed by atoms with Crippen LogP contribution in [0.25, 0.3) is 0 Å². The van der Waals surface area contributed by atoms with E-state index in [-0.39, 0.29) is 18.2 Å².